The van der Waals surface area contributed by atoms with Crippen LogP contribution in [-0.2, 0) is 11.3 Å². The van der Waals surface area contributed by atoms with Crippen molar-refractivity contribution in [1.82, 2.24) is 0 Å². The maximum atomic E-state index is 12.8. The van der Waals surface area contributed by atoms with E-state index < -0.39 is 22.7 Å². The summed E-state index contributed by atoms with van der Waals surface area (Å²) in [4.78, 5) is 49.1. The molecule has 0 spiro atoms. The van der Waals surface area contributed by atoms with Gasteiger partial charge >= 0.3 is 5.97 Å². The Balaban J connectivity index is 1.50. The third-order valence-corrected chi connectivity index (χ3v) is 4.98. The molecule has 1 aliphatic heterocycles. The number of imide groups is 1. The molecule has 1 aliphatic rings. The largest absolute Gasteiger partial charge is 0.457 e. The number of carbonyl (C=O) groups is 3. The minimum Gasteiger partial charge on any atom is -0.457 e. The Morgan fingerprint density at radius 1 is 0.935 bits per heavy atom. The van der Waals surface area contributed by atoms with Crippen LogP contribution in [0.5, 0.6) is 0 Å². The summed E-state index contributed by atoms with van der Waals surface area (Å²) < 4.78 is 5.23. The third-order valence-electron chi connectivity index (χ3n) is 4.72. The Hall–Kier alpha value is -4.04. The molecule has 0 aliphatic carbocycles. The van der Waals surface area contributed by atoms with Gasteiger partial charge in [0, 0.05) is 17.2 Å². The van der Waals surface area contributed by atoms with E-state index in [1.165, 1.54) is 42.5 Å². The van der Waals surface area contributed by atoms with E-state index in [0.717, 1.165) is 4.90 Å². The van der Waals surface area contributed by atoms with Crippen molar-refractivity contribution < 1.29 is 24.0 Å². The van der Waals surface area contributed by atoms with Gasteiger partial charge in [0.05, 0.1) is 27.3 Å². The Morgan fingerprint density at radius 2 is 1.58 bits per heavy atom. The minimum atomic E-state index is -0.689. The summed E-state index contributed by atoms with van der Waals surface area (Å²) in [5.74, 6) is -1.73. The van der Waals surface area contributed by atoms with Crippen molar-refractivity contribution in [3.05, 3.63) is 104 Å². The van der Waals surface area contributed by atoms with Gasteiger partial charge in [0.15, 0.2) is 0 Å². The van der Waals surface area contributed by atoms with E-state index in [9.17, 15) is 24.5 Å². The van der Waals surface area contributed by atoms with Gasteiger partial charge in [-0.2, -0.15) is 0 Å². The number of carbonyl (C=O) groups excluding carboxylic acids is 3. The van der Waals surface area contributed by atoms with E-state index in [1.54, 1.807) is 24.3 Å². The molecule has 3 aromatic carbocycles. The first-order valence-electron chi connectivity index (χ1n) is 9.04. The normalized spacial score (nSPS) is 12.6. The van der Waals surface area contributed by atoms with Gasteiger partial charge in [-0.1, -0.05) is 11.6 Å². The second-order valence-corrected chi connectivity index (χ2v) is 7.12. The number of halogens is 1. The van der Waals surface area contributed by atoms with Crippen molar-refractivity contribution in [2.75, 3.05) is 4.90 Å². The first-order valence-corrected chi connectivity index (χ1v) is 9.42. The monoisotopic (exact) mass is 436 g/mol. The van der Waals surface area contributed by atoms with E-state index in [2.05, 4.69) is 0 Å². The molecule has 0 saturated carbocycles. The summed E-state index contributed by atoms with van der Waals surface area (Å²) >= 11 is 5.86. The maximum absolute atomic E-state index is 12.8. The smallest absolute Gasteiger partial charge is 0.338 e. The predicted molar refractivity (Wildman–Crippen MR) is 111 cm³/mol. The summed E-state index contributed by atoms with van der Waals surface area (Å²) in [6, 6.07) is 16.0. The highest BCUT2D eigenvalue weighted by atomic mass is 35.5. The lowest BCUT2D eigenvalue weighted by atomic mass is 10.1. The number of anilines is 1. The minimum absolute atomic E-state index is 0.0675. The molecule has 4 rings (SSSR count). The highest BCUT2D eigenvalue weighted by Gasteiger charge is 2.37. The molecular weight excluding hydrogens is 424 g/mol. The molecule has 0 aromatic heterocycles. The number of rotatable bonds is 5. The van der Waals surface area contributed by atoms with Crippen LogP contribution >= 0.6 is 11.6 Å². The highest BCUT2D eigenvalue weighted by molar-refractivity contribution is 6.35. The Kier molecular flexibility index (Phi) is 5.22. The lowest BCUT2D eigenvalue weighted by Gasteiger charge is -2.13. The Morgan fingerprint density at radius 3 is 2.23 bits per heavy atom. The molecule has 8 nitrogen and oxygen atoms in total. The SMILES string of the molecule is O=C(OCc1ccc([N+](=O)[O-])cc1)c1ccc2c(c1)C(=O)N(c1ccc(Cl)cc1)C2=O. The number of nitro benzene ring substituents is 1. The van der Waals surface area contributed by atoms with Crippen LogP contribution in [0.1, 0.15) is 36.6 Å². The van der Waals surface area contributed by atoms with Crippen LogP contribution in [0.15, 0.2) is 66.7 Å². The fourth-order valence-electron chi connectivity index (χ4n) is 3.14. The summed E-state index contributed by atoms with van der Waals surface area (Å²) in [6.45, 7) is -0.0995. The predicted octanol–water partition coefficient (Wildman–Crippen LogP) is 4.41. The number of hydrogen-bond acceptors (Lipinski definition) is 6. The first-order chi connectivity index (χ1) is 14.8. The lowest BCUT2D eigenvalue weighted by molar-refractivity contribution is -0.384. The van der Waals surface area contributed by atoms with Crippen molar-refractivity contribution in [2.24, 2.45) is 0 Å². The maximum Gasteiger partial charge on any atom is 0.338 e. The van der Waals surface area contributed by atoms with Crippen molar-refractivity contribution in [2.45, 2.75) is 6.61 Å². The molecule has 0 N–H and O–H groups in total. The number of non-ortho nitro benzene ring substituents is 1. The van der Waals surface area contributed by atoms with Gasteiger partial charge in [0.1, 0.15) is 6.61 Å². The quantitative estimate of drug-likeness (QED) is 0.254. The van der Waals surface area contributed by atoms with Crippen LogP contribution < -0.4 is 4.90 Å². The molecule has 0 unspecified atom stereocenters. The fraction of sp³-hybridized carbons (Fsp3) is 0.0455. The van der Waals surface area contributed by atoms with E-state index in [0.29, 0.717) is 16.3 Å². The van der Waals surface area contributed by atoms with E-state index in [1.807, 2.05) is 0 Å². The van der Waals surface area contributed by atoms with Crippen molar-refractivity contribution >= 4 is 40.8 Å². The molecule has 0 atom stereocenters. The fourth-order valence-corrected chi connectivity index (χ4v) is 3.26. The molecule has 9 heteroatoms. The summed E-state index contributed by atoms with van der Waals surface area (Å²) in [6.07, 6.45) is 0. The van der Waals surface area contributed by atoms with Gasteiger partial charge in [0.2, 0.25) is 0 Å². The zero-order valence-corrected chi connectivity index (χ0v) is 16.5. The van der Waals surface area contributed by atoms with Gasteiger partial charge in [-0.15, -0.1) is 0 Å². The first kappa shape index (κ1) is 20.2. The van der Waals surface area contributed by atoms with E-state index in [-0.39, 0.29) is 29.0 Å². The molecule has 0 saturated heterocycles. The topological polar surface area (TPSA) is 107 Å². The van der Waals surface area contributed by atoms with Gasteiger partial charge in [0.25, 0.3) is 17.5 Å². The number of amides is 2. The standard InChI is InChI=1S/C22H13ClN2O6/c23-15-4-8-16(9-5-15)24-20(26)18-10-3-14(11-19(18)21(24)27)22(28)31-12-13-1-6-17(7-2-13)25(29)30/h1-11H,12H2. The summed E-state index contributed by atoms with van der Waals surface area (Å²) in [7, 11) is 0. The molecule has 2 amide bonds. The van der Waals surface area contributed by atoms with Crippen LogP contribution in [-0.4, -0.2) is 22.7 Å². The van der Waals surface area contributed by atoms with Gasteiger partial charge in [-0.25, -0.2) is 9.69 Å². The number of esters is 1. The van der Waals surface area contributed by atoms with Crippen LogP contribution in [0.4, 0.5) is 11.4 Å². The van der Waals surface area contributed by atoms with E-state index in [4.69, 9.17) is 16.3 Å². The average molecular weight is 437 g/mol. The lowest BCUT2D eigenvalue weighted by Crippen LogP contribution is -2.29. The molecule has 154 valence electrons. The molecule has 0 bridgehead atoms. The number of hydrogen-bond donors (Lipinski definition) is 0. The van der Waals surface area contributed by atoms with Crippen molar-refractivity contribution in [3.63, 3.8) is 0 Å². The van der Waals surface area contributed by atoms with Crippen LogP contribution in [0, 0.1) is 10.1 Å². The molecule has 3 aromatic rings. The zero-order valence-electron chi connectivity index (χ0n) is 15.8. The van der Waals surface area contributed by atoms with Crippen LogP contribution in [0.2, 0.25) is 5.02 Å². The van der Waals surface area contributed by atoms with Gasteiger partial charge in [-0.05, 0) is 60.2 Å². The molecule has 1 heterocycles. The number of ether oxygens (including phenoxy) is 1. The summed E-state index contributed by atoms with van der Waals surface area (Å²) in [5.41, 5.74) is 1.27. The zero-order chi connectivity index (χ0) is 22.1. The molecule has 0 fully saturated rings. The van der Waals surface area contributed by atoms with Gasteiger partial charge < -0.3 is 4.74 Å². The molecule has 31 heavy (non-hydrogen) atoms. The van der Waals surface area contributed by atoms with Crippen molar-refractivity contribution in [3.8, 4) is 0 Å². The second kappa shape index (κ2) is 8.00. The number of nitrogens with zero attached hydrogens (tertiary/aromatic N) is 2. The number of benzene rings is 3. The Labute approximate surface area is 180 Å². The third kappa shape index (κ3) is 3.88. The second-order valence-electron chi connectivity index (χ2n) is 6.68. The molecular formula is C22H13ClN2O6. The average Bonchev–Trinajstić information content (AvgIpc) is 3.02. The van der Waals surface area contributed by atoms with E-state index >= 15 is 0 Å². The Bertz CT molecular complexity index is 1220. The van der Waals surface area contributed by atoms with Crippen LogP contribution in [0.3, 0.4) is 0 Å². The highest BCUT2D eigenvalue weighted by Crippen LogP contribution is 2.30. The summed E-state index contributed by atoms with van der Waals surface area (Å²) in [5, 5.41) is 11.2. The van der Waals surface area contributed by atoms with Crippen molar-refractivity contribution in [1.29, 1.82) is 0 Å². The molecule has 0 radical (unpaired) electrons. The van der Waals surface area contributed by atoms with Gasteiger partial charge in [-0.3, -0.25) is 19.7 Å². The number of nitro groups is 1. The van der Waals surface area contributed by atoms with Crippen LogP contribution in [0.25, 0.3) is 0 Å². The number of fused-ring (bicyclic) bond motifs is 1.